The molecule has 4 nitrogen and oxygen atoms in total. The van der Waals surface area contributed by atoms with Gasteiger partial charge in [-0.2, -0.15) is 0 Å². The molecular weight excluding hydrogens is 377 g/mol. The molecule has 1 aliphatic rings. The first-order chi connectivity index (χ1) is 8.93. The lowest BCUT2D eigenvalue weighted by Crippen LogP contribution is -2.41. The van der Waals surface area contributed by atoms with Crippen LogP contribution >= 0.6 is 22.6 Å². The molecule has 1 aromatic rings. The van der Waals surface area contributed by atoms with Crippen LogP contribution in [0.15, 0.2) is 24.3 Å². The average Bonchev–Trinajstić information content (AvgIpc) is 2.70. The first-order valence-electron chi connectivity index (χ1n) is 6.20. The van der Waals surface area contributed by atoms with Crippen molar-refractivity contribution in [3.05, 3.63) is 33.4 Å². The Balaban J connectivity index is 2.21. The molecule has 1 heterocycles. The molecule has 1 saturated heterocycles. The quantitative estimate of drug-likeness (QED) is 0.738. The summed E-state index contributed by atoms with van der Waals surface area (Å²) in [6, 6.07) is 7.19. The van der Waals surface area contributed by atoms with E-state index in [1.807, 2.05) is 25.1 Å². The minimum Gasteiger partial charge on any atom is -0.335 e. The Morgan fingerprint density at radius 1 is 1.47 bits per heavy atom. The van der Waals surface area contributed by atoms with Crippen molar-refractivity contribution in [1.82, 2.24) is 4.90 Å². The molecule has 0 saturated carbocycles. The zero-order valence-electron chi connectivity index (χ0n) is 10.7. The first-order valence-corrected chi connectivity index (χ1v) is 9.10. The summed E-state index contributed by atoms with van der Waals surface area (Å²) >= 11 is 2.16. The summed E-state index contributed by atoms with van der Waals surface area (Å²) in [5.41, 5.74) is 0.623. The van der Waals surface area contributed by atoms with Crippen LogP contribution in [-0.2, 0) is 9.84 Å². The molecule has 6 heteroatoms. The third-order valence-electron chi connectivity index (χ3n) is 3.32. The molecule has 0 N–H and O–H groups in total. The number of sulfone groups is 1. The molecular formula is C13H16INO3S. The van der Waals surface area contributed by atoms with Crippen LogP contribution in [0.2, 0.25) is 0 Å². The second-order valence-electron chi connectivity index (χ2n) is 4.66. The van der Waals surface area contributed by atoms with Gasteiger partial charge in [-0.3, -0.25) is 4.79 Å². The topological polar surface area (TPSA) is 54.5 Å². The van der Waals surface area contributed by atoms with Gasteiger partial charge in [-0.1, -0.05) is 6.07 Å². The first kappa shape index (κ1) is 14.8. The highest BCUT2D eigenvalue weighted by molar-refractivity contribution is 14.1. The van der Waals surface area contributed by atoms with Gasteiger partial charge in [0.1, 0.15) is 0 Å². The molecule has 0 aromatic heterocycles. The molecule has 104 valence electrons. The predicted molar refractivity (Wildman–Crippen MR) is 82.9 cm³/mol. The van der Waals surface area contributed by atoms with Gasteiger partial charge in [0.25, 0.3) is 5.91 Å². The number of hydrogen-bond donors (Lipinski definition) is 0. The summed E-state index contributed by atoms with van der Waals surface area (Å²) in [6.45, 7) is 2.42. The second-order valence-corrected chi connectivity index (χ2v) is 8.13. The van der Waals surface area contributed by atoms with Crippen LogP contribution in [-0.4, -0.2) is 43.3 Å². The van der Waals surface area contributed by atoms with E-state index in [2.05, 4.69) is 22.6 Å². The highest BCUT2D eigenvalue weighted by atomic mass is 127. The fourth-order valence-electron chi connectivity index (χ4n) is 2.38. The molecule has 0 aliphatic carbocycles. The standard InChI is InChI=1S/C13H16INO3S/c1-2-15(12-6-7-19(17,18)9-12)13(16)10-4-3-5-11(14)8-10/h3-5,8,12H,2,6-7,9H2,1H3. The number of amides is 1. The molecule has 1 unspecified atom stereocenters. The number of halogens is 1. The maximum Gasteiger partial charge on any atom is 0.254 e. The van der Waals surface area contributed by atoms with Gasteiger partial charge in [0, 0.05) is 21.7 Å². The van der Waals surface area contributed by atoms with Crippen LogP contribution < -0.4 is 0 Å². The minimum atomic E-state index is -2.97. The normalized spacial score (nSPS) is 21.3. The van der Waals surface area contributed by atoms with Gasteiger partial charge in [-0.25, -0.2) is 8.42 Å². The summed E-state index contributed by atoms with van der Waals surface area (Å²) in [5.74, 6) is 0.202. The van der Waals surface area contributed by atoms with Gasteiger partial charge in [0.05, 0.1) is 11.5 Å². The number of benzene rings is 1. The Bertz CT molecular complexity index is 585. The predicted octanol–water partition coefficient (Wildman–Crippen LogP) is 1.94. The molecule has 1 atom stereocenters. The monoisotopic (exact) mass is 393 g/mol. The van der Waals surface area contributed by atoms with Crippen molar-refractivity contribution in [3.8, 4) is 0 Å². The van der Waals surface area contributed by atoms with Crippen LogP contribution in [0, 0.1) is 3.57 Å². The van der Waals surface area contributed by atoms with Crippen molar-refractivity contribution in [2.45, 2.75) is 19.4 Å². The third-order valence-corrected chi connectivity index (χ3v) is 5.74. The lowest BCUT2D eigenvalue weighted by atomic mass is 10.1. The van der Waals surface area contributed by atoms with Crippen LogP contribution in [0.25, 0.3) is 0 Å². The van der Waals surface area contributed by atoms with Crippen LogP contribution in [0.4, 0.5) is 0 Å². The van der Waals surface area contributed by atoms with Crippen molar-refractivity contribution in [1.29, 1.82) is 0 Å². The van der Waals surface area contributed by atoms with Crippen molar-refractivity contribution < 1.29 is 13.2 Å². The molecule has 0 spiro atoms. The van der Waals surface area contributed by atoms with Crippen LogP contribution in [0.3, 0.4) is 0 Å². The number of carbonyl (C=O) groups is 1. The SMILES string of the molecule is CCN(C(=O)c1cccc(I)c1)C1CCS(=O)(=O)C1. The van der Waals surface area contributed by atoms with Crippen LogP contribution in [0.5, 0.6) is 0 Å². The van der Waals surface area contributed by atoms with Gasteiger partial charge in [0.2, 0.25) is 0 Å². The van der Waals surface area contributed by atoms with E-state index in [0.29, 0.717) is 18.5 Å². The third kappa shape index (κ3) is 3.47. The maximum absolute atomic E-state index is 12.5. The minimum absolute atomic E-state index is 0.0804. The Labute approximate surface area is 127 Å². The summed E-state index contributed by atoms with van der Waals surface area (Å²) in [4.78, 5) is 14.1. The maximum atomic E-state index is 12.5. The van der Waals surface area contributed by atoms with E-state index in [0.717, 1.165) is 3.57 Å². The number of hydrogen-bond acceptors (Lipinski definition) is 3. The summed E-state index contributed by atoms with van der Waals surface area (Å²) < 4.78 is 24.1. The Morgan fingerprint density at radius 3 is 2.74 bits per heavy atom. The molecule has 1 fully saturated rings. The van der Waals surface area contributed by atoms with Gasteiger partial charge in [0.15, 0.2) is 9.84 Å². The Hall–Kier alpha value is -0.630. The van der Waals surface area contributed by atoms with Gasteiger partial charge >= 0.3 is 0 Å². The van der Waals surface area contributed by atoms with E-state index < -0.39 is 9.84 Å². The molecule has 19 heavy (non-hydrogen) atoms. The highest BCUT2D eigenvalue weighted by Crippen LogP contribution is 2.20. The Kier molecular flexibility index (Phi) is 4.50. The van der Waals surface area contributed by atoms with E-state index in [1.165, 1.54) is 0 Å². The van der Waals surface area contributed by atoms with E-state index >= 15 is 0 Å². The Morgan fingerprint density at radius 2 is 2.21 bits per heavy atom. The van der Waals surface area contributed by atoms with Gasteiger partial charge < -0.3 is 4.90 Å². The van der Waals surface area contributed by atoms with E-state index in [-0.39, 0.29) is 23.5 Å². The lowest BCUT2D eigenvalue weighted by Gasteiger charge is -2.27. The molecule has 1 aromatic carbocycles. The summed E-state index contributed by atoms with van der Waals surface area (Å²) in [7, 11) is -2.97. The smallest absolute Gasteiger partial charge is 0.254 e. The van der Waals surface area contributed by atoms with Crippen molar-refractivity contribution in [2.75, 3.05) is 18.1 Å². The highest BCUT2D eigenvalue weighted by Gasteiger charge is 2.34. The molecule has 0 bridgehead atoms. The van der Waals surface area contributed by atoms with Gasteiger partial charge in [-0.05, 0) is 54.1 Å². The average molecular weight is 393 g/mol. The van der Waals surface area contributed by atoms with Crippen LogP contribution in [0.1, 0.15) is 23.7 Å². The number of nitrogens with zero attached hydrogens (tertiary/aromatic N) is 1. The fraction of sp³-hybridized carbons (Fsp3) is 0.462. The second kappa shape index (κ2) is 5.78. The molecule has 2 rings (SSSR count). The summed E-state index contributed by atoms with van der Waals surface area (Å²) in [5, 5.41) is 0. The molecule has 1 aliphatic heterocycles. The number of carbonyl (C=O) groups excluding carboxylic acids is 1. The van der Waals surface area contributed by atoms with E-state index in [9.17, 15) is 13.2 Å². The van der Waals surface area contributed by atoms with Gasteiger partial charge in [-0.15, -0.1) is 0 Å². The van der Waals surface area contributed by atoms with E-state index in [4.69, 9.17) is 0 Å². The number of rotatable bonds is 3. The largest absolute Gasteiger partial charge is 0.335 e. The summed E-state index contributed by atoms with van der Waals surface area (Å²) in [6.07, 6.45) is 0.547. The molecule has 0 radical (unpaired) electrons. The zero-order valence-corrected chi connectivity index (χ0v) is 13.6. The van der Waals surface area contributed by atoms with Crippen molar-refractivity contribution in [3.63, 3.8) is 0 Å². The van der Waals surface area contributed by atoms with E-state index in [1.54, 1.807) is 11.0 Å². The van der Waals surface area contributed by atoms with Crippen molar-refractivity contribution in [2.24, 2.45) is 0 Å². The fourth-order valence-corrected chi connectivity index (χ4v) is 4.65. The van der Waals surface area contributed by atoms with Crippen molar-refractivity contribution >= 4 is 38.3 Å². The lowest BCUT2D eigenvalue weighted by molar-refractivity contribution is 0.0708. The zero-order chi connectivity index (χ0) is 14.0. The molecule has 1 amide bonds.